The Kier molecular flexibility index (Phi) is 8.11. The lowest BCUT2D eigenvalue weighted by Crippen LogP contribution is -2.57. The second-order valence-corrected chi connectivity index (χ2v) is 8.01. The number of hydrogen-bond donors (Lipinski definition) is 4. The predicted octanol–water partition coefficient (Wildman–Crippen LogP) is -0.257. The van der Waals surface area contributed by atoms with Crippen LogP contribution in [0.25, 0.3) is 0 Å². The monoisotopic (exact) mass is 346 g/mol. The molecule has 0 aromatic carbocycles. The molecule has 1 aliphatic rings. The van der Waals surface area contributed by atoms with Crippen LogP contribution < -0.4 is 0 Å². The van der Waals surface area contributed by atoms with Crippen LogP contribution in [0, 0.1) is 0 Å². The molecule has 8 nitrogen and oxygen atoms in total. The maximum absolute atomic E-state index is 12.3. The molecule has 0 bridgehead atoms. The van der Waals surface area contributed by atoms with Crippen LogP contribution in [-0.2, 0) is 18.3 Å². The molecule has 0 aromatic heterocycles. The minimum absolute atomic E-state index is 0.0721. The van der Waals surface area contributed by atoms with Gasteiger partial charge in [0.15, 0.2) is 0 Å². The Morgan fingerprint density at radius 2 is 1.67 bits per heavy atom. The maximum Gasteiger partial charge on any atom is 0.340 e. The van der Waals surface area contributed by atoms with Gasteiger partial charge in [0.25, 0.3) is 0 Å². The van der Waals surface area contributed by atoms with Crippen molar-refractivity contribution in [2.75, 3.05) is 25.3 Å². The minimum atomic E-state index is -3.31. The molecule has 0 spiro atoms. The van der Waals surface area contributed by atoms with E-state index in [0.717, 1.165) is 11.8 Å². The van der Waals surface area contributed by atoms with Gasteiger partial charge < -0.3 is 34.2 Å². The summed E-state index contributed by atoms with van der Waals surface area (Å²) in [6, 6.07) is 0. The van der Waals surface area contributed by atoms with Crippen LogP contribution in [0.5, 0.6) is 0 Å². The van der Waals surface area contributed by atoms with E-state index < -0.39 is 44.1 Å². The molecule has 1 aliphatic heterocycles. The molecule has 21 heavy (non-hydrogen) atoms. The first-order valence-corrected chi connectivity index (χ1v) is 9.46. The summed E-state index contributed by atoms with van der Waals surface area (Å²) in [5, 5.41) is 38.3. The number of thioether (sulfide) groups is 1. The third-order valence-electron chi connectivity index (χ3n) is 2.90. The fourth-order valence-corrected chi connectivity index (χ4v) is 5.23. The van der Waals surface area contributed by atoms with Gasteiger partial charge in [-0.3, -0.25) is 4.57 Å². The molecular formula is C11H23O8PS. The zero-order valence-electron chi connectivity index (χ0n) is 12.0. The number of hydrogen-bond acceptors (Lipinski definition) is 9. The van der Waals surface area contributed by atoms with Gasteiger partial charge in [-0.25, -0.2) is 0 Å². The van der Waals surface area contributed by atoms with E-state index >= 15 is 0 Å². The number of aliphatic hydroxyl groups excluding tert-OH is 4. The average molecular weight is 346 g/mol. The quantitative estimate of drug-likeness (QED) is 0.440. The van der Waals surface area contributed by atoms with Crippen molar-refractivity contribution in [3.63, 3.8) is 0 Å². The summed E-state index contributed by atoms with van der Waals surface area (Å²) in [5.41, 5.74) is -1.02. The lowest BCUT2D eigenvalue weighted by molar-refractivity contribution is -0.205. The van der Waals surface area contributed by atoms with Gasteiger partial charge in [0, 0.05) is 0 Å². The molecule has 1 saturated heterocycles. The molecule has 126 valence electrons. The predicted molar refractivity (Wildman–Crippen MR) is 77.1 cm³/mol. The molecule has 5 atom stereocenters. The molecule has 1 fully saturated rings. The molecular weight excluding hydrogens is 323 g/mol. The Morgan fingerprint density at radius 3 is 2.14 bits per heavy atom. The van der Waals surface area contributed by atoms with Crippen molar-refractivity contribution in [1.82, 2.24) is 0 Å². The minimum Gasteiger partial charge on any atom is -0.394 e. The number of aliphatic hydroxyl groups is 4. The maximum atomic E-state index is 12.3. The second kappa shape index (κ2) is 8.81. The van der Waals surface area contributed by atoms with E-state index in [0.29, 0.717) is 0 Å². The van der Waals surface area contributed by atoms with E-state index in [2.05, 4.69) is 0 Å². The van der Waals surface area contributed by atoms with E-state index in [1.165, 1.54) is 0 Å². The normalized spacial score (nSPS) is 34.1. The third kappa shape index (κ3) is 5.16. The molecule has 1 heterocycles. The molecule has 1 rings (SSSR count). The highest BCUT2D eigenvalue weighted by Crippen LogP contribution is 2.52. The van der Waals surface area contributed by atoms with Gasteiger partial charge in [0.1, 0.15) is 29.9 Å². The first-order chi connectivity index (χ1) is 9.88. The van der Waals surface area contributed by atoms with Crippen molar-refractivity contribution in [1.29, 1.82) is 0 Å². The number of rotatable bonds is 8. The van der Waals surface area contributed by atoms with Gasteiger partial charge in [-0.2, -0.15) is 0 Å². The lowest BCUT2D eigenvalue weighted by Gasteiger charge is -2.39. The van der Waals surface area contributed by atoms with Crippen molar-refractivity contribution in [2.45, 2.75) is 43.7 Å². The summed E-state index contributed by atoms with van der Waals surface area (Å²) >= 11 is 0.950. The van der Waals surface area contributed by atoms with Crippen LogP contribution in [0.15, 0.2) is 0 Å². The van der Waals surface area contributed by atoms with E-state index in [1.807, 2.05) is 0 Å². The van der Waals surface area contributed by atoms with Gasteiger partial charge in [-0.15, -0.1) is 11.8 Å². The Labute approximate surface area is 127 Å². The molecule has 0 radical (unpaired) electrons. The topological polar surface area (TPSA) is 126 Å². The SMILES string of the molecule is CCOP(=O)(CSC1OC(CO)C(O)C(O)C1O)OCC. The largest absolute Gasteiger partial charge is 0.394 e. The van der Waals surface area contributed by atoms with Crippen LogP contribution in [0.3, 0.4) is 0 Å². The highest BCUT2D eigenvalue weighted by atomic mass is 32.2. The summed E-state index contributed by atoms with van der Waals surface area (Å²) < 4.78 is 27.8. The number of ether oxygens (including phenoxy) is 1. The van der Waals surface area contributed by atoms with Crippen LogP contribution in [0.2, 0.25) is 0 Å². The van der Waals surface area contributed by atoms with Gasteiger partial charge in [0.2, 0.25) is 0 Å². The summed E-state index contributed by atoms with van der Waals surface area (Å²) in [6.07, 6.45) is -5.22. The van der Waals surface area contributed by atoms with Crippen molar-refractivity contribution >= 4 is 19.4 Å². The molecule has 0 saturated carbocycles. The molecule has 10 heteroatoms. The van der Waals surface area contributed by atoms with Gasteiger partial charge >= 0.3 is 7.60 Å². The lowest BCUT2D eigenvalue weighted by atomic mass is 10.0. The Bertz CT molecular complexity index is 345. The molecule has 4 N–H and O–H groups in total. The van der Waals surface area contributed by atoms with Crippen LogP contribution in [0.1, 0.15) is 13.8 Å². The highest BCUT2D eigenvalue weighted by Gasteiger charge is 2.44. The Hall–Kier alpha value is 0.300. The average Bonchev–Trinajstić information content (AvgIpc) is 2.45. The summed E-state index contributed by atoms with van der Waals surface area (Å²) in [6.45, 7) is 3.30. The fourth-order valence-electron chi connectivity index (χ4n) is 1.88. The van der Waals surface area contributed by atoms with Crippen molar-refractivity contribution in [3.05, 3.63) is 0 Å². The van der Waals surface area contributed by atoms with Crippen molar-refractivity contribution in [3.8, 4) is 0 Å². The van der Waals surface area contributed by atoms with Gasteiger partial charge in [0.05, 0.1) is 25.3 Å². The highest BCUT2D eigenvalue weighted by molar-refractivity contribution is 8.05. The van der Waals surface area contributed by atoms with Crippen molar-refractivity contribution < 1.29 is 38.8 Å². The van der Waals surface area contributed by atoms with Crippen LogP contribution in [-0.4, -0.2) is 75.6 Å². The standard InChI is InChI=1S/C11H23O8PS/c1-3-17-20(16,18-4-2)6-21-11-10(15)9(14)8(13)7(5-12)19-11/h7-15H,3-6H2,1-2H3. The Morgan fingerprint density at radius 1 is 1.10 bits per heavy atom. The first kappa shape index (κ1) is 19.3. The zero-order valence-corrected chi connectivity index (χ0v) is 13.7. The zero-order chi connectivity index (χ0) is 16.0. The Balaban J connectivity index is 2.66. The van der Waals surface area contributed by atoms with E-state index in [4.69, 9.17) is 18.9 Å². The first-order valence-electron chi connectivity index (χ1n) is 6.68. The van der Waals surface area contributed by atoms with E-state index in [-0.39, 0.29) is 18.7 Å². The smallest absolute Gasteiger partial charge is 0.340 e. The fraction of sp³-hybridized carbons (Fsp3) is 1.00. The third-order valence-corrected chi connectivity index (χ3v) is 6.78. The molecule has 5 unspecified atom stereocenters. The van der Waals surface area contributed by atoms with Gasteiger partial charge in [-0.1, -0.05) is 0 Å². The van der Waals surface area contributed by atoms with E-state index in [9.17, 15) is 19.9 Å². The molecule has 0 aromatic rings. The van der Waals surface area contributed by atoms with Crippen molar-refractivity contribution in [2.24, 2.45) is 0 Å². The van der Waals surface area contributed by atoms with E-state index in [1.54, 1.807) is 13.8 Å². The van der Waals surface area contributed by atoms with Crippen LogP contribution >= 0.6 is 19.4 Å². The summed E-state index contributed by atoms with van der Waals surface area (Å²) in [5.74, 6) is 0. The summed E-state index contributed by atoms with van der Waals surface area (Å²) in [7, 11) is -3.31. The van der Waals surface area contributed by atoms with Gasteiger partial charge in [-0.05, 0) is 13.8 Å². The molecule has 0 amide bonds. The summed E-state index contributed by atoms with van der Waals surface area (Å²) in [4.78, 5) is 0. The van der Waals surface area contributed by atoms with Crippen LogP contribution in [0.4, 0.5) is 0 Å². The molecule has 0 aliphatic carbocycles. The second-order valence-electron chi connectivity index (χ2n) is 4.44.